The quantitative estimate of drug-likeness (QED) is 0.641. The molecule has 106 valence electrons. The maximum absolute atomic E-state index is 12.2. The van der Waals surface area contributed by atoms with Crippen molar-refractivity contribution in [1.29, 1.82) is 0 Å². The maximum Gasteiger partial charge on any atom is 0.309 e. The fourth-order valence-electron chi connectivity index (χ4n) is 3.18. The van der Waals surface area contributed by atoms with Crippen molar-refractivity contribution < 1.29 is 9.53 Å². The summed E-state index contributed by atoms with van der Waals surface area (Å²) in [5.74, 6) is 0.0310. The molecule has 1 rings (SSSR count). The van der Waals surface area contributed by atoms with Gasteiger partial charge >= 0.3 is 5.97 Å². The van der Waals surface area contributed by atoms with E-state index in [9.17, 15) is 4.79 Å². The third-order valence-corrected chi connectivity index (χ3v) is 4.83. The van der Waals surface area contributed by atoms with Gasteiger partial charge in [-0.2, -0.15) is 0 Å². The summed E-state index contributed by atoms with van der Waals surface area (Å²) in [6.45, 7) is 10.8. The second-order valence-electron chi connectivity index (χ2n) is 6.57. The first-order valence-corrected chi connectivity index (χ1v) is 7.61. The van der Waals surface area contributed by atoms with E-state index in [-0.39, 0.29) is 22.9 Å². The molecule has 1 aliphatic rings. The average Bonchev–Trinajstić information content (AvgIpc) is 2.78. The van der Waals surface area contributed by atoms with Crippen LogP contribution in [0.3, 0.4) is 0 Å². The number of hydrogen-bond donors (Lipinski definition) is 0. The Morgan fingerprint density at radius 2 is 1.83 bits per heavy atom. The molecule has 1 aliphatic carbocycles. The van der Waals surface area contributed by atoms with Crippen molar-refractivity contribution in [3.05, 3.63) is 0 Å². The van der Waals surface area contributed by atoms with E-state index in [1.165, 1.54) is 12.8 Å². The van der Waals surface area contributed by atoms with E-state index in [2.05, 4.69) is 20.8 Å². The van der Waals surface area contributed by atoms with Crippen molar-refractivity contribution >= 4 is 5.97 Å². The van der Waals surface area contributed by atoms with Gasteiger partial charge in [-0.05, 0) is 38.5 Å². The minimum Gasteiger partial charge on any atom is -0.458 e. The molecule has 0 heterocycles. The van der Waals surface area contributed by atoms with Crippen LogP contribution in [0.25, 0.3) is 0 Å². The molecule has 18 heavy (non-hydrogen) atoms. The molecular weight excluding hydrogens is 224 g/mol. The Morgan fingerprint density at radius 3 is 2.28 bits per heavy atom. The molecule has 1 atom stereocenters. The Balaban J connectivity index is 2.84. The third kappa shape index (κ3) is 3.07. The van der Waals surface area contributed by atoms with Gasteiger partial charge in [0.15, 0.2) is 0 Å². The largest absolute Gasteiger partial charge is 0.458 e. The second-order valence-corrected chi connectivity index (χ2v) is 6.57. The lowest BCUT2D eigenvalue weighted by atomic mass is 9.70. The molecule has 1 unspecified atom stereocenters. The molecule has 0 aromatic heterocycles. The molecule has 1 saturated carbocycles. The molecule has 0 spiro atoms. The smallest absolute Gasteiger partial charge is 0.309 e. The first-order valence-electron chi connectivity index (χ1n) is 7.61. The highest BCUT2D eigenvalue weighted by Gasteiger charge is 2.49. The van der Waals surface area contributed by atoms with Gasteiger partial charge in [-0.25, -0.2) is 0 Å². The fourth-order valence-corrected chi connectivity index (χ4v) is 3.18. The molecular formula is C16H30O2. The van der Waals surface area contributed by atoms with Gasteiger partial charge in [0, 0.05) is 5.41 Å². The van der Waals surface area contributed by atoms with Gasteiger partial charge in [0.05, 0.1) is 5.92 Å². The van der Waals surface area contributed by atoms with E-state index in [0.717, 1.165) is 32.1 Å². The lowest BCUT2D eigenvalue weighted by molar-refractivity contribution is -0.179. The SMILES string of the molecule is CCCC(C)(C)C1(OC(=O)C(C)CC)CCCC1. The van der Waals surface area contributed by atoms with Crippen molar-refractivity contribution in [3.63, 3.8) is 0 Å². The highest BCUT2D eigenvalue weighted by Crippen LogP contribution is 2.49. The molecule has 2 heteroatoms. The summed E-state index contributed by atoms with van der Waals surface area (Å²) in [6, 6.07) is 0. The lowest BCUT2D eigenvalue weighted by Gasteiger charge is -2.44. The van der Waals surface area contributed by atoms with E-state index in [1.807, 2.05) is 13.8 Å². The highest BCUT2D eigenvalue weighted by atomic mass is 16.6. The summed E-state index contributed by atoms with van der Waals surface area (Å²) in [7, 11) is 0. The van der Waals surface area contributed by atoms with Crippen LogP contribution < -0.4 is 0 Å². The fraction of sp³-hybridized carbons (Fsp3) is 0.938. The van der Waals surface area contributed by atoms with E-state index < -0.39 is 0 Å². The summed E-state index contributed by atoms with van der Waals surface area (Å²) in [4.78, 5) is 12.2. The van der Waals surface area contributed by atoms with Crippen molar-refractivity contribution in [3.8, 4) is 0 Å². The van der Waals surface area contributed by atoms with Gasteiger partial charge in [-0.3, -0.25) is 4.79 Å². The molecule has 0 saturated heterocycles. The maximum atomic E-state index is 12.2. The first kappa shape index (κ1) is 15.5. The molecule has 1 fully saturated rings. The van der Waals surface area contributed by atoms with Gasteiger partial charge < -0.3 is 4.74 Å². The zero-order valence-corrected chi connectivity index (χ0v) is 12.8. The van der Waals surface area contributed by atoms with Gasteiger partial charge in [0.25, 0.3) is 0 Å². The van der Waals surface area contributed by atoms with Crippen LogP contribution in [0.15, 0.2) is 0 Å². The van der Waals surface area contributed by atoms with Gasteiger partial charge in [-0.15, -0.1) is 0 Å². The Labute approximate surface area is 112 Å². The van der Waals surface area contributed by atoms with Crippen LogP contribution in [-0.2, 0) is 9.53 Å². The monoisotopic (exact) mass is 254 g/mol. The number of carbonyl (C=O) groups is 1. The van der Waals surface area contributed by atoms with Crippen LogP contribution in [0.1, 0.15) is 79.6 Å². The van der Waals surface area contributed by atoms with Crippen LogP contribution in [0, 0.1) is 11.3 Å². The Hall–Kier alpha value is -0.530. The summed E-state index contributed by atoms with van der Waals surface area (Å²) in [6.07, 6.45) is 7.62. The predicted octanol–water partition coefficient (Wildman–Crippen LogP) is 4.71. The molecule has 0 aromatic carbocycles. The molecule has 0 bridgehead atoms. The highest BCUT2D eigenvalue weighted by molar-refractivity contribution is 5.72. The van der Waals surface area contributed by atoms with Gasteiger partial charge in [-0.1, -0.05) is 41.0 Å². The van der Waals surface area contributed by atoms with Crippen molar-refractivity contribution in [2.24, 2.45) is 11.3 Å². The van der Waals surface area contributed by atoms with Crippen molar-refractivity contribution in [1.82, 2.24) is 0 Å². The molecule has 0 aliphatic heterocycles. The molecule has 2 nitrogen and oxygen atoms in total. The molecule has 0 N–H and O–H groups in total. The predicted molar refractivity (Wildman–Crippen MR) is 75.4 cm³/mol. The number of hydrogen-bond acceptors (Lipinski definition) is 2. The van der Waals surface area contributed by atoms with E-state index >= 15 is 0 Å². The number of carbonyl (C=O) groups excluding carboxylic acids is 1. The summed E-state index contributed by atoms with van der Waals surface area (Å²) in [5.41, 5.74) is -0.106. The van der Waals surface area contributed by atoms with Crippen LogP contribution in [-0.4, -0.2) is 11.6 Å². The van der Waals surface area contributed by atoms with Gasteiger partial charge in [0.2, 0.25) is 0 Å². The van der Waals surface area contributed by atoms with Crippen LogP contribution in [0.2, 0.25) is 0 Å². The summed E-state index contributed by atoms with van der Waals surface area (Å²) < 4.78 is 6.03. The summed E-state index contributed by atoms with van der Waals surface area (Å²) in [5, 5.41) is 0. The summed E-state index contributed by atoms with van der Waals surface area (Å²) >= 11 is 0. The number of ether oxygens (including phenoxy) is 1. The van der Waals surface area contributed by atoms with E-state index in [1.54, 1.807) is 0 Å². The topological polar surface area (TPSA) is 26.3 Å². The van der Waals surface area contributed by atoms with Crippen LogP contribution >= 0.6 is 0 Å². The number of esters is 1. The Bertz CT molecular complexity index is 275. The Kier molecular flexibility index (Phi) is 5.24. The van der Waals surface area contributed by atoms with Crippen LogP contribution in [0.5, 0.6) is 0 Å². The minimum atomic E-state index is -0.205. The van der Waals surface area contributed by atoms with E-state index in [0.29, 0.717) is 0 Å². The lowest BCUT2D eigenvalue weighted by Crippen LogP contribution is -2.47. The zero-order valence-electron chi connectivity index (χ0n) is 12.8. The van der Waals surface area contributed by atoms with E-state index in [4.69, 9.17) is 4.74 Å². The van der Waals surface area contributed by atoms with Crippen molar-refractivity contribution in [2.75, 3.05) is 0 Å². The normalized spacial score (nSPS) is 20.7. The molecule has 0 amide bonds. The molecule has 0 radical (unpaired) electrons. The minimum absolute atomic E-state index is 0.00331. The third-order valence-electron chi connectivity index (χ3n) is 4.83. The number of rotatable bonds is 6. The second kappa shape index (κ2) is 6.08. The zero-order chi connectivity index (χ0) is 13.8. The molecule has 0 aromatic rings. The van der Waals surface area contributed by atoms with Crippen LogP contribution in [0.4, 0.5) is 0 Å². The van der Waals surface area contributed by atoms with Crippen molar-refractivity contribution in [2.45, 2.75) is 85.2 Å². The average molecular weight is 254 g/mol. The standard InChI is InChI=1S/C16H30O2/c1-6-10-15(4,5)16(11-8-9-12-16)18-14(17)13(3)7-2/h13H,6-12H2,1-5H3. The Morgan fingerprint density at radius 1 is 1.28 bits per heavy atom. The van der Waals surface area contributed by atoms with Gasteiger partial charge in [0.1, 0.15) is 5.60 Å². The first-order chi connectivity index (χ1) is 8.38.